The van der Waals surface area contributed by atoms with Crippen molar-refractivity contribution in [2.24, 2.45) is 11.7 Å². The van der Waals surface area contributed by atoms with Crippen LogP contribution in [-0.4, -0.2) is 5.91 Å². The molecule has 2 rings (SSSR count). The van der Waals surface area contributed by atoms with E-state index in [0.29, 0.717) is 17.2 Å². The molecule has 3 nitrogen and oxygen atoms in total. The van der Waals surface area contributed by atoms with Crippen LogP contribution in [0, 0.1) is 5.92 Å². The third-order valence-electron chi connectivity index (χ3n) is 3.22. The van der Waals surface area contributed by atoms with Gasteiger partial charge in [0, 0.05) is 5.69 Å². The molecule has 1 aliphatic carbocycles. The first-order valence-corrected chi connectivity index (χ1v) is 5.29. The third-order valence-corrected chi connectivity index (χ3v) is 3.22. The van der Waals surface area contributed by atoms with E-state index in [9.17, 15) is 4.79 Å². The minimum absolute atomic E-state index is 0.435. The number of benzene rings is 1. The van der Waals surface area contributed by atoms with Crippen molar-refractivity contribution in [2.45, 2.75) is 25.7 Å². The Morgan fingerprint density at radius 1 is 1.47 bits per heavy atom. The molecule has 1 unspecified atom stereocenters. The van der Waals surface area contributed by atoms with Crippen molar-refractivity contribution in [3.05, 3.63) is 29.3 Å². The number of hydrogen-bond donors (Lipinski definition) is 2. The van der Waals surface area contributed by atoms with Crippen LogP contribution in [0.25, 0.3) is 0 Å². The molecule has 1 aliphatic rings. The molecule has 1 aromatic carbocycles. The average Bonchev–Trinajstić information content (AvgIpc) is 3.00. The Morgan fingerprint density at radius 3 is 2.67 bits per heavy atom. The number of nitrogens with two attached hydrogens (primary N) is 2. The van der Waals surface area contributed by atoms with Crippen LogP contribution in [-0.2, 0) is 0 Å². The predicted molar refractivity (Wildman–Crippen MR) is 60.5 cm³/mol. The lowest BCUT2D eigenvalue weighted by Crippen LogP contribution is -2.15. The van der Waals surface area contributed by atoms with Gasteiger partial charge in [0.05, 0.1) is 5.56 Å². The van der Waals surface area contributed by atoms with Crippen LogP contribution in [0.15, 0.2) is 18.2 Å². The summed E-state index contributed by atoms with van der Waals surface area (Å²) in [4.78, 5) is 11.1. The van der Waals surface area contributed by atoms with Gasteiger partial charge in [0.15, 0.2) is 0 Å². The van der Waals surface area contributed by atoms with Crippen LogP contribution in [0.2, 0.25) is 0 Å². The van der Waals surface area contributed by atoms with Crippen molar-refractivity contribution in [1.29, 1.82) is 0 Å². The summed E-state index contributed by atoms with van der Waals surface area (Å²) in [5.41, 5.74) is 13.3. The molecule has 0 spiro atoms. The molecule has 1 saturated carbocycles. The van der Waals surface area contributed by atoms with Crippen molar-refractivity contribution in [3.63, 3.8) is 0 Å². The molecule has 4 N–H and O–H groups in total. The molecule has 0 heterocycles. The highest BCUT2D eigenvalue weighted by Crippen LogP contribution is 2.44. The number of primary amides is 1. The van der Waals surface area contributed by atoms with Crippen molar-refractivity contribution in [1.82, 2.24) is 0 Å². The minimum Gasteiger partial charge on any atom is -0.398 e. The lowest BCUT2D eigenvalue weighted by Gasteiger charge is -2.15. The number of para-hydroxylation sites is 1. The van der Waals surface area contributed by atoms with Gasteiger partial charge >= 0.3 is 0 Å². The smallest absolute Gasteiger partial charge is 0.250 e. The Bertz CT molecular complexity index is 397. The zero-order valence-electron chi connectivity index (χ0n) is 8.86. The largest absolute Gasteiger partial charge is 0.398 e. The second-order valence-electron chi connectivity index (χ2n) is 4.30. The zero-order chi connectivity index (χ0) is 11.0. The van der Waals surface area contributed by atoms with Gasteiger partial charge in [-0.2, -0.15) is 0 Å². The van der Waals surface area contributed by atoms with Gasteiger partial charge < -0.3 is 11.5 Å². The summed E-state index contributed by atoms with van der Waals surface area (Å²) in [6.45, 7) is 2.16. The number of anilines is 1. The quantitative estimate of drug-likeness (QED) is 0.738. The maximum absolute atomic E-state index is 11.1. The second kappa shape index (κ2) is 3.57. The third kappa shape index (κ3) is 1.82. The molecule has 1 amide bonds. The van der Waals surface area contributed by atoms with Gasteiger partial charge in [-0.25, -0.2) is 0 Å². The Kier molecular flexibility index (Phi) is 2.39. The predicted octanol–water partition coefficient (Wildman–Crippen LogP) is 1.88. The van der Waals surface area contributed by atoms with Crippen LogP contribution >= 0.6 is 0 Å². The van der Waals surface area contributed by atoms with E-state index in [0.717, 1.165) is 11.5 Å². The summed E-state index contributed by atoms with van der Waals surface area (Å²) in [5.74, 6) is 0.720. The van der Waals surface area contributed by atoms with E-state index in [1.165, 1.54) is 12.8 Å². The number of amides is 1. The van der Waals surface area contributed by atoms with E-state index in [-0.39, 0.29) is 0 Å². The highest BCUT2D eigenvalue weighted by Gasteiger charge is 2.30. The molecule has 1 aromatic rings. The summed E-state index contributed by atoms with van der Waals surface area (Å²) in [6, 6.07) is 5.52. The molecule has 15 heavy (non-hydrogen) atoms. The molecule has 1 fully saturated rings. The van der Waals surface area contributed by atoms with E-state index in [1.807, 2.05) is 12.1 Å². The van der Waals surface area contributed by atoms with Gasteiger partial charge in [-0.1, -0.05) is 19.1 Å². The molecule has 0 saturated heterocycles. The minimum atomic E-state index is -0.447. The first kappa shape index (κ1) is 10.0. The molecule has 0 bridgehead atoms. The maximum atomic E-state index is 11.1. The van der Waals surface area contributed by atoms with Crippen molar-refractivity contribution in [3.8, 4) is 0 Å². The van der Waals surface area contributed by atoms with Gasteiger partial charge in [-0.3, -0.25) is 4.79 Å². The van der Waals surface area contributed by atoms with Gasteiger partial charge in [-0.15, -0.1) is 0 Å². The van der Waals surface area contributed by atoms with Crippen LogP contribution < -0.4 is 11.5 Å². The van der Waals surface area contributed by atoms with Gasteiger partial charge in [0.2, 0.25) is 0 Å². The molecule has 80 valence electrons. The highest BCUT2D eigenvalue weighted by atomic mass is 16.1. The summed E-state index contributed by atoms with van der Waals surface area (Å²) < 4.78 is 0. The lowest BCUT2D eigenvalue weighted by molar-refractivity contribution is 0.100. The van der Waals surface area contributed by atoms with E-state index >= 15 is 0 Å². The van der Waals surface area contributed by atoms with E-state index in [2.05, 4.69) is 6.92 Å². The Labute approximate surface area is 89.5 Å². The fourth-order valence-corrected chi connectivity index (χ4v) is 2.05. The van der Waals surface area contributed by atoms with Crippen molar-refractivity contribution < 1.29 is 4.79 Å². The second-order valence-corrected chi connectivity index (χ2v) is 4.30. The van der Waals surface area contributed by atoms with Gasteiger partial charge in [0.1, 0.15) is 0 Å². The zero-order valence-corrected chi connectivity index (χ0v) is 8.86. The SMILES string of the molecule is CC(c1cccc(C(N)=O)c1N)C1CC1. The Hall–Kier alpha value is -1.51. The number of hydrogen-bond acceptors (Lipinski definition) is 2. The van der Waals surface area contributed by atoms with E-state index in [1.54, 1.807) is 6.07 Å². The fraction of sp³-hybridized carbons (Fsp3) is 0.417. The number of rotatable bonds is 3. The lowest BCUT2D eigenvalue weighted by atomic mass is 9.92. The van der Waals surface area contributed by atoms with Crippen molar-refractivity contribution in [2.75, 3.05) is 5.73 Å². The van der Waals surface area contributed by atoms with E-state index in [4.69, 9.17) is 11.5 Å². The summed E-state index contributed by atoms with van der Waals surface area (Å²) in [7, 11) is 0. The molecule has 3 heteroatoms. The normalized spacial score (nSPS) is 17.4. The van der Waals surface area contributed by atoms with Crippen LogP contribution in [0.4, 0.5) is 5.69 Å². The molecule has 0 radical (unpaired) electrons. The highest BCUT2D eigenvalue weighted by molar-refractivity contribution is 5.98. The molecule has 0 aromatic heterocycles. The maximum Gasteiger partial charge on any atom is 0.250 e. The van der Waals surface area contributed by atoms with Crippen LogP contribution in [0.3, 0.4) is 0 Å². The summed E-state index contributed by atoms with van der Waals surface area (Å²) in [6.07, 6.45) is 2.53. The van der Waals surface area contributed by atoms with Crippen LogP contribution in [0.5, 0.6) is 0 Å². The number of carbonyl (C=O) groups excluding carboxylic acids is 1. The first-order valence-electron chi connectivity index (χ1n) is 5.29. The molecule has 1 atom stereocenters. The molecule has 0 aliphatic heterocycles. The Balaban J connectivity index is 2.38. The molecular formula is C12H16N2O. The summed E-state index contributed by atoms with van der Waals surface area (Å²) >= 11 is 0. The van der Waals surface area contributed by atoms with Gasteiger partial charge in [-0.05, 0) is 36.3 Å². The van der Waals surface area contributed by atoms with E-state index < -0.39 is 5.91 Å². The van der Waals surface area contributed by atoms with Crippen LogP contribution in [0.1, 0.15) is 41.6 Å². The standard InChI is InChI=1S/C12H16N2O/c1-7(8-5-6-8)9-3-2-4-10(11(9)13)12(14)15/h2-4,7-8H,5-6,13H2,1H3,(H2,14,15). The number of carbonyl (C=O) groups is 1. The first-order chi connectivity index (χ1) is 7.11. The van der Waals surface area contributed by atoms with Crippen molar-refractivity contribution >= 4 is 11.6 Å². The number of nitrogen functional groups attached to an aromatic ring is 1. The Morgan fingerprint density at radius 2 is 2.13 bits per heavy atom. The fourth-order valence-electron chi connectivity index (χ4n) is 2.05. The summed E-state index contributed by atoms with van der Waals surface area (Å²) in [5, 5.41) is 0. The monoisotopic (exact) mass is 204 g/mol. The van der Waals surface area contributed by atoms with Gasteiger partial charge in [0.25, 0.3) is 5.91 Å². The topological polar surface area (TPSA) is 69.1 Å². The average molecular weight is 204 g/mol. The molecular weight excluding hydrogens is 188 g/mol.